The first-order chi connectivity index (χ1) is 70.9. The molecule has 14 aromatic rings. The fraction of sp³-hybridized carbons (Fsp3) is 0.421. The van der Waals surface area contributed by atoms with E-state index in [1.165, 1.54) is 92.1 Å². The van der Waals surface area contributed by atoms with Gasteiger partial charge in [-0.05, 0) is 120 Å². The second kappa shape index (κ2) is 41.6. The van der Waals surface area contributed by atoms with Crippen molar-refractivity contribution in [3.05, 3.63) is 231 Å². The van der Waals surface area contributed by atoms with Gasteiger partial charge in [0.1, 0.15) is 0 Å². The third kappa shape index (κ3) is 20.6. The number of hydrogen-bond donors (Lipinski definition) is 0. The van der Waals surface area contributed by atoms with Crippen molar-refractivity contribution in [1.29, 1.82) is 0 Å². The summed E-state index contributed by atoms with van der Waals surface area (Å²) in [5.41, 5.74) is 23.0. The molecule has 23 rings (SSSR count). The highest BCUT2D eigenvalue weighted by Gasteiger charge is 2.42. The zero-order valence-electron chi connectivity index (χ0n) is 86.1. The van der Waals surface area contributed by atoms with Gasteiger partial charge in [0.25, 0.3) is 0 Å². The molecule has 2 saturated heterocycles. The van der Waals surface area contributed by atoms with Crippen molar-refractivity contribution in [3.63, 3.8) is 0 Å². The van der Waals surface area contributed by atoms with Crippen LogP contribution in [-0.2, 0) is 173 Å². The summed E-state index contributed by atoms with van der Waals surface area (Å²) in [7, 11) is 18.4. The van der Waals surface area contributed by atoms with E-state index < -0.39 is 23.7 Å². The summed E-state index contributed by atoms with van der Waals surface area (Å²) in [5, 5.41) is 40.0. The average Bonchev–Trinajstić information content (AvgIpc) is 1.58. The summed E-state index contributed by atoms with van der Waals surface area (Å²) in [5.74, 6) is 4.83. The maximum atomic E-state index is 13.4. The van der Waals surface area contributed by atoms with Crippen LogP contribution < -0.4 is 24.5 Å². The topological polar surface area (TPSA) is 297 Å². The third-order valence-electron chi connectivity index (χ3n) is 29.7. The molecule has 2 fully saturated rings. The Morgan fingerprint density at radius 2 is 0.716 bits per heavy atom. The molecular weight excluding hydrogens is 1900 g/mol. The minimum atomic E-state index is -4.54. The van der Waals surface area contributed by atoms with Crippen LogP contribution in [0.1, 0.15) is 145 Å². The van der Waals surface area contributed by atoms with Gasteiger partial charge < -0.3 is 58.5 Å². The van der Waals surface area contributed by atoms with Crippen LogP contribution >= 0.6 is 0 Å². The number of benzene rings is 5. The molecule has 0 bridgehead atoms. The number of aryl methyl sites for hydroxylation is 8. The number of nitrogens with zero attached hydrogens (tertiary/aromatic N) is 28. The number of rotatable bonds is 14. The smallest absolute Gasteiger partial charge is 0.379 e. The van der Waals surface area contributed by atoms with E-state index in [2.05, 4.69) is 112 Å². The van der Waals surface area contributed by atoms with E-state index in [9.17, 15) is 50.3 Å². The van der Waals surface area contributed by atoms with E-state index in [0.717, 1.165) is 195 Å². The molecule has 2 unspecified atom stereocenters. The van der Waals surface area contributed by atoms with Gasteiger partial charge in [-0.2, -0.15) is 72.2 Å². The minimum Gasteiger partial charge on any atom is -0.379 e. The molecule has 9 aliphatic heterocycles. The number of carbonyl (C=O) groups is 5. The molecule has 35 nitrogen and oxygen atoms in total. The molecule has 776 valence electrons. The van der Waals surface area contributed by atoms with Crippen molar-refractivity contribution in [2.75, 3.05) is 118 Å². The number of anilines is 10. The van der Waals surface area contributed by atoms with Gasteiger partial charge in [-0.15, -0.1) is 0 Å². The Bertz CT molecular complexity index is 7280. The van der Waals surface area contributed by atoms with Crippen LogP contribution in [0.25, 0.3) is 44.5 Å². The van der Waals surface area contributed by atoms with E-state index in [0.29, 0.717) is 76.6 Å². The summed E-state index contributed by atoms with van der Waals surface area (Å²) in [6.45, 7) is 19.2. The largest absolute Gasteiger partial charge is 0.435 e. The number of amides is 5. The number of ether oxygens (including phenoxy) is 2. The molecule has 0 saturated carbocycles. The molecule has 9 aromatic heterocycles. The SMILES string of the molecule is CC(=O)N1CCc2c(c(N(C)c3ccc(-c4cn(C)nc4C(F)(F)F)cc3)nn2C)C1.CC(=O)N1CCc2c(c(N(C)c3ccc(-c4cn(C)nc4C(F)(F)F)cc3)nn2C2CCOC2)C1.CC(=O)N1CCc2c(c(N(C)c3ccc(-c4cnn(C)c4)cc3)nn2C)C1.CC(=O)N1CCc2c(c(N3CCCc4ccccc43)nn2C)C1.CC(=O)N1CCc2c(c(N3CCc4cc(-c5cnn(C)c5)ccc43)nn2C2CCOC2)C1. The van der Waals surface area contributed by atoms with Crippen LogP contribution in [0.2, 0.25) is 0 Å². The number of para-hydroxylation sites is 1. The lowest BCUT2D eigenvalue weighted by Gasteiger charge is -2.32. The van der Waals surface area contributed by atoms with Gasteiger partial charge >= 0.3 is 12.4 Å². The number of alkyl halides is 6. The summed E-state index contributed by atoms with van der Waals surface area (Å²) >= 11 is 0. The van der Waals surface area contributed by atoms with Crippen LogP contribution in [0, 0.1) is 0 Å². The molecule has 0 aliphatic carbocycles. The first kappa shape index (κ1) is 101. The van der Waals surface area contributed by atoms with Gasteiger partial charge in [-0.1, -0.05) is 60.7 Å². The Kier molecular flexibility index (Phi) is 28.5. The lowest BCUT2D eigenvalue weighted by molar-refractivity contribution is -0.141. The highest BCUT2D eigenvalue weighted by Crippen LogP contribution is 2.47. The van der Waals surface area contributed by atoms with Crippen LogP contribution in [0.15, 0.2) is 152 Å². The van der Waals surface area contributed by atoms with Crippen molar-refractivity contribution >= 4 is 87.1 Å². The van der Waals surface area contributed by atoms with Crippen LogP contribution in [0.3, 0.4) is 0 Å². The summed E-state index contributed by atoms with van der Waals surface area (Å²) in [6, 6.07) is 37.8. The lowest BCUT2D eigenvalue weighted by Crippen LogP contribution is -2.35. The predicted molar refractivity (Wildman–Crippen MR) is 548 cm³/mol. The molecule has 5 aromatic carbocycles. The molecule has 0 N–H and O–H groups in total. The Balaban J connectivity index is 0.000000117. The maximum absolute atomic E-state index is 13.4. The Morgan fingerprint density at radius 3 is 1.15 bits per heavy atom. The molecular formula is C107H124F6N28O7. The van der Waals surface area contributed by atoms with Gasteiger partial charge in [-0.3, -0.25) is 66.1 Å². The fourth-order valence-electron chi connectivity index (χ4n) is 21.7. The Hall–Kier alpha value is -15.2. The molecule has 18 heterocycles. The zero-order valence-corrected chi connectivity index (χ0v) is 86.1. The first-order valence-electron chi connectivity index (χ1n) is 50.1. The van der Waals surface area contributed by atoms with Crippen molar-refractivity contribution < 1.29 is 59.8 Å². The summed E-state index contributed by atoms with van der Waals surface area (Å²) < 4.78 is 107. The number of fused-ring (bicyclic) bond motifs is 7. The van der Waals surface area contributed by atoms with Gasteiger partial charge in [-0.25, -0.2) is 0 Å². The van der Waals surface area contributed by atoms with Gasteiger partial charge in [0.2, 0.25) is 29.5 Å². The van der Waals surface area contributed by atoms with Crippen molar-refractivity contribution in [2.24, 2.45) is 49.3 Å². The zero-order chi connectivity index (χ0) is 104. The summed E-state index contributed by atoms with van der Waals surface area (Å²) in [4.78, 5) is 79.6. The minimum absolute atomic E-state index is 0.0162. The lowest BCUT2D eigenvalue weighted by atomic mass is 10.0. The Labute approximate surface area is 853 Å². The molecule has 2 atom stereocenters. The normalized spacial score (nSPS) is 16.6. The second-order valence-corrected chi connectivity index (χ2v) is 39.4. The molecule has 41 heteroatoms. The van der Waals surface area contributed by atoms with Crippen molar-refractivity contribution in [1.82, 2.24) is 113 Å². The van der Waals surface area contributed by atoms with E-state index in [1.807, 2.05) is 129 Å². The molecule has 0 spiro atoms. The van der Waals surface area contributed by atoms with Crippen LogP contribution in [0.5, 0.6) is 0 Å². The van der Waals surface area contributed by atoms with E-state index in [1.54, 1.807) is 97.6 Å². The highest BCUT2D eigenvalue weighted by molar-refractivity contribution is 5.82. The van der Waals surface area contributed by atoms with E-state index in [4.69, 9.17) is 29.9 Å². The molecule has 9 aliphatic rings. The van der Waals surface area contributed by atoms with E-state index >= 15 is 0 Å². The Morgan fingerprint density at radius 1 is 0.351 bits per heavy atom. The average molecular weight is 2030 g/mol. The highest BCUT2D eigenvalue weighted by atomic mass is 19.4. The van der Waals surface area contributed by atoms with Crippen LogP contribution in [-0.4, -0.2) is 235 Å². The molecule has 148 heavy (non-hydrogen) atoms. The number of aromatic nitrogens is 18. The third-order valence-corrected chi connectivity index (χ3v) is 29.7. The predicted octanol–water partition coefficient (Wildman–Crippen LogP) is 15.2. The molecule has 0 radical (unpaired) electrons. The first-order valence-corrected chi connectivity index (χ1v) is 50.1. The quantitative estimate of drug-likeness (QED) is 0.0913. The van der Waals surface area contributed by atoms with E-state index in [-0.39, 0.29) is 52.7 Å². The van der Waals surface area contributed by atoms with Crippen molar-refractivity contribution in [2.45, 2.75) is 156 Å². The number of halogens is 6. The van der Waals surface area contributed by atoms with Crippen LogP contribution in [0.4, 0.5) is 83.9 Å². The van der Waals surface area contributed by atoms with Gasteiger partial charge in [0.05, 0.1) is 70.4 Å². The maximum Gasteiger partial charge on any atom is 0.435 e. The number of carbonyl (C=O) groups excluding carboxylic acids is 5. The number of hydrogen-bond acceptors (Lipinski definition) is 21. The monoisotopic (exact) mass is 2030 g/mol. The van der Waals surface area contributed by atoms with Gasteiger partial charge in [0, 0.05) is 328 Å². The summed E-state index contributed by atoms with van der Waals surface area (Å²) in [6.07, 6.45) is 10.6. The molecule has 5 amide bonds. The standard InChI is InChI=1S/C24H27F3N6O2.C24H28N6O2.C21H23F3N6O.C20H24N6O.C18H22N4O/c1-15(34)32-10-8-21-20(13-32)23(29-33(21)18-9-11-35-14-18)31(3)17-6-4-16(5-7-17)19-12-30(2)28-22(19)24(25,26)27;1-16(31)28-8-6-23-21(14-28)24(26-30(23)20-7-10-32-15-20)29-9-5-18-11-17(3-4-22(18)29)19-12-25-27(2)13-19;1-13(31)30-10-9-18-17(12-30)20(26-29(18)4)28(3)15-7-5-14(6-8-15)16-11-27(2)25-19(16)21(22,23)24;1-14(27)26-10-9-19-18(13-26)20(22-25(19)4)24(3)17-7-5-15(6-8-17)16-11-21-23(2)12-16;1-13(23)21-11-9-17-15(12-21)18(19-20(17)2)22-10-5-7-14-6-3-4-8-16(14)22/h4-7,12,18H,8-11,13-14H2,1-3H3;3-4,11-13,20H,5-10,14-15H2,1-2H3;5-8,11H,9-10,12H2,1-4H3;5-8,11-12H,9-10,13H2,1-4H3;3-4,6,8H,5,7,9-12H2,1-2H3. The van der Waals surface area contributed by atoms with Crippen molar-refractivity contribution in [3.8, 4) is 44.5 Å². The fourth-order valence-corrected chi connectivity index (χ4v) is 21.7. The van der Waals surface area contributed by atoms with Gasteiger partial charge in [0.15, 0.2) is 40.5 Å². The second-order valence-electron chi connectivity index (χ2n) is 39.4.